The van der Waals surface area contributed by atoms with E-state index in [-0.39, 0.29) is 25.6 Å². The number of hydrogen-bond donors (Lipinski definition) is 2. The minimum Gasteiger partial charge on any atom is -0.371 e. The van der Waals surface area contributed by atoms with E-state index in [1.807, 2.05) is 6.07 Å². The maximum Gasteiger partial charge on any atom is 0.243 e. The van der Waals surface area contributed by atoms with Gasteiger partial charge in [-0.25, -0.2) is 13.1 Å². The van der Waals surface area contributed by atoms with Gasteiger partial charge in [-0.3, -0.25) is 4.79 Å². The molecule has 2 aliphatic heterocycles. The van der Waals surface area contributed by atoms with E-state index >= 15 is 0 Å². The van der Waals surface area contributed by atoms with Gasteiger partial charge in [-0.15, -0.1) is 0 Å². The number of carbonyl (C=O) groups excluding carboxylic acids is 1. The lowest BCUT2D eigenvalue weighted by atomic mass is 10.1. The lowest BCUT2D eigenvalue weighted by Crippen LogP contribution is -2.44. The molecule has 3 N–H and O–H groups in total. The summed E-state index contributed by atoms with van der Waals surface area (Å²) >= 11 is 0. The summed E-state index contributed by atoms with van der Waals surface area (Å²) in [7, 11) is -3.52. The van der Waals surface area contributed by atoms with Gasteiger partial charge < -0.3 is 19.9 Å². The van der Waals surface area contributed by atoms with Gasteiger partial charge in [-0.1, -0.05) is 30.3 Å². The molecule has 24 heavy (non-hydrogen) atoms. The molecule has 0 spiro atoms. The topological polar surface area (TPSA) is 117 Å². The molecule has 0 radical (unpaired) electrons. The first-order valence-electron chi connectivity index (χ1n) is 7.62. The fourth-order valence-electron chi connectivity index (χ4n) is 2.96. The summed E-state index contributed by atoms with van der Waals surface area (Å²) in [4.78, 5) is 10.8. The van der Waals surface area contributed by atoms with Crippen LogP contribution in [0.2, 0.25) is 0 Å². The lowest BCUT2D eigenvalue weighted by Gasteiger charge is -2.18. The quantitative estimate of drug-likeness (QED) is 0.657. The number of carbonyl (C=O) groups is 1. The van der Waals surface area contributed by atoms with Gasteiger partial charge in [0.05, 0.1) is 25.0 Å². The Morgan fingerprint density at radius 1 is 1.21 bits per heavy atom. The van der Waals surface area contributed by atoms with Gasteiger partial charge in [0.1, 0.15) is 24.9 Å². The molecule has 4 unspecified atom stereocenters. The molecule has 4 atom stereocenters. The van der Waals surface area contributed by atoms with Crippen molar-refractivity contribution in [2.75, 3.05) is 19.8 Å². The predicted molar refractivity (Wildman–Crippen MR) is 84.4 cm³/mol. The number of rotatable bonds is 7. The van der Waals surface area contributed by atoms with E-state index in [0.717, 1.165) is 0 Å². The minimum atomic E-state index is -3.52. The highest BCUT2D eigenvalue weighted by molar-refractivity contribution is 7.88. The van der Waals surface area contributed by atoms with Gasteiger partial charge in [0.25, 0.3) is 0 Å². The van der Waals surface area contributed by atoms with Crippen molar-refractivity contribution in [2.45, 2.75) is 30.1 Å². The first kappa shape index (κ1) is 17.3. The number of sulfonamides is 1. The second kappa shape index (κ2) is 7.16. The van der Waals surface area contributed by atoms with Crippen LogP contribution in [0.25, 0.3) is 0 Å². The molecule has 132 valence electrons. The summed E-state index contributed by atoms with van der Waals surface area (Å²) in [6, 6.07) is 8.45. The van der Waals surface area contributed by atoms with Crippen LogP contribution < -0.4 is 10.5 Å². The molecular weight excluding hydrogens is 336 g/mol. The van der Waals surface area contributed by atoms with Gasteiger partial charge in [0, 0.05) is 0 Å². The minimum absolute atomic E-state index is 0.108. The molecule has 2 heterocycles. The summed E-state index contributed by atoms with van der Waals surface area (Å²) in [5.41, 5.74) is 5.76. The van der Waals surface area contributed by atoms with Crippen LogP contribution in [-0.2, 0) is 34.8 Å². The van der Waals surface area contributed by atoms with E-state index in [4.69, 9.17) is 19.9 Å². The van der Waals surface area contributed by atoms with Crippen molar-refractivity contribution in [2.24, 2.45) is 5.73 Å². The second-order valence-electron chi connectivity index (χ2n) is 5.88. The van der Waals surface area contributed by atoms with Crippen molar-refractivity contribution in [3.8, 4) is 0 Å². The third kappa shape index (κ3) is 4.11. The number of ether oxygens (including phenoxy) is 3. The van der Waals surface area contributed by atoms with Gasteiger partial charge >= 0.3 is 0 Å². The van der Waals surface area contributed by atoms with Crippen LogP contribution in [0.1, 0.15) is 5.56 Å². The van der Waals surface area contributed by atoms with Crippen LogP contribution in [-0.4, -0.2) is 58.5 Å². The average Bonchev–Trinajstić information content (AvgIpc) is 3.08. The van der Waals surface area contributed by atoms with Gasteiger partial charge in [0.15, 0.2) is 0 Å². The number of fused-ring (bicyclic) bond motifs is 1. The summed E-state index contributed by atoms with van der Waals surface area (Å²) in [5.74, 6) is -0.680. The van der Waals surface area contributed by atoms with Crippen LogP contribution in [0.3, 0.4) is 0 Å². The second-order valence-corrected chi connectivity index (χ2v) is 7.63. The Balaban J connectivity index is 1.58. The molecule has 2 aliphatic rings. The molecule has 2 fully saturated rings. The summed E-state index contributed by atoms with van der Waals surface area (Å²) in [5, 5.41) is 0. The Hall–Kier alpha value is -1.52. The summed E-state index contributed by atoms with van der Waals surface area (Å²) < 4.78 is 43.8. The van der Waals surface area contributed by atoms with Crippen LogP contribution in [0.15, 0.2) is 30.3 Å². The van der Waals surface area contributed by atoms with Crippen LogP contribution >= 0.6 is 0 Å². The molecule has 0 saturated carbocycles. The molecule has 0 bridgehead atoms. The van der Waals surface area contributed by atoms with Gasteiger partial charge in [0.2, 0.25) is 15.9 Å². The fourth-order valence-corrected chi connectivity index (χ4v) is 4.34. The Bertz CT molecular complexity index is 680. The molecule has 0 aromatic heterocycles. The Kier molecular flexibility index (Phi) is 5.16. The van der Waals surface area contributed by atoms with Crippen molar-refractivity contribution >= 4 is 15.9 Å². The zero-order chi connectivity index (χ0) is 17.2. The van der Waals surface area contributed by atoms with E-state index in [0.29, 0.717) is 5.56 Å². The maximum atomic E-state index is 12.3. The smallest absolute Gasteiger partial charge is 0.243 e. The highest BCUT2D eigenvalue weighted by Crippen LogP contribution is 2.29. The van der Waals surface area contributed by atoms with Gasteiger partial charge in [-0.2, -0.15) is 0 Å². The lowest BCUT2D eigenvalue weighted by molar-refractivity contribution is -0.126. The molecule has 3 rings (SSSR count). The predicted octanol–water partition coefficient (Wildman–Crippen LogP) is -0.857. The maximum absolute atomic E-state index is 12.3. The molecule has 1 aromatic carbocycles. The van der Waals surface area contributed by atoms with Crippen molar-refractivity contribution in [1.82, 2.24) is 4.72 Å². The molecule has 8 nitrogen and oxygen atoms in total. The first-order chi connectivity index (χ1) is 11.4. The van der Waals surface area contributed by atoms with Crippen LogP contribution in [0, 0.1) is 0 Å². The molecular formula is C15H20N2O6S. The monoisotopic (exact) mass is 356 g/mol. The van der Waals surface area contributed by atoms with Crippen molar-refractivity contribution in [3.63, 3.8) is 0 Å². The number of benzene rings is 1. The normalized spacial score (nSPS) is 29.5. The van der Waals surface area contributed by atoms with Gasteiger partial charge in [-0.05, 0) is 5.56 Å². The number of amides is 1. The third-order valence-corrected chi connectivity index (χ3v) is 5.35. The Morgan fingerprint density at radius 2 is 1.92 bits per heavy atom. The van der Waals surface area contributed by atoms with Crippen LogP contribution in [0.5, 0.6) is 0 Å². The Labute approximate surface area is 140 Å². The highest BCUT2D eigenvalue weighted by Gasteiger charge is 2.49. The average molecular weight is 356 g/mol. The molecule has 9 heteroatoms. The largest absolute Gasteiger partial charge is 0.371 e. The molecule has 1 amide bonds. The van der Waals surface area contributed by atoms with E-state index < -0.39 is 40.3 Å². The number of hydrogen-bond acceptors (Lipinski definition) is 6. The Morgan fingerprint density at radius 3 is 2.62 bits per heavy atom. The van der Waals surface area contributed by atoms with Crippen LogP contribution in [0.4, 0.5) is 0 Å². The molecule has 1 aromatic rings. The first-order valence-corrected chi connectivity index (χ1v) is 9.27. The summed E-state index contributed by atoms with van der Waals surface area (Å²) in [6.45, 7) is 0.213. The van der Waals surface area contributed by atoms with E-state index in [2.05, 4.69) is 4.72 Å². The number of nitrogens with two attached hydrogens (primary N) is 1. The van der Waals surface area contributed by atoms with E-state index in [1.165, 1.54) is 0 Å². The molecule has 0 aliphatic carbocycles. The van der Waals surface area contributed by atoms with Crippen molar-refractivity contribution < 1.29 is 27.4 Å². The zero-order valence-corrected chi connectivity index (χ0v) is 13.8. The van der Waals surface area contributed by atoms with E-state index in [1.54, 1.807) is 24.3 Å². The zero-order valence-electron chi connectivity index (χ0n) is 13.0. The SMILES string of the molecule is NC(=O)COC1COC2C(NS(=O)(=O)Cc3ccccc3)COC12. The van der Waals surface area contributed by atoms with Crippen molar-refractivity contribution in [1.29, 1.82) is 0 Å². The number of nitrogens with one attached hydrogen (secondary N) is 1. The fraction of sp³-hybridized carbons (Fsp3) is 0.533. The van der Waals surface area contributed by atoms with E-state index in [9.17, 15) is 13.2 Å². The third-order valence-electron chi connectivity index (χ3n) is 3.98. The van der Waals surface area contributed by atoms with Crippen molar-refractivity contribution in [3.05, 3.63) is 35.9 Å². The summed E-state index contributed by atoms with van der Waals surface area (Å²) in [6.07, 6.45) is -1.27. The standard InChI is InChI=1S/C15H20N2O6S/c16-13(18)8-21-12-7-23-14-11(6-22-15(12)14)17-24(19,20)9-10-4-2-1-3-5-10/h1-5,11-12,14-15,17H,6-9H2,(H2,16,18). The molecule has 2 saturated heterocycles. The number of primary amides is 1. The highest BCUT2D eigenvalue weighted by atomic mass is 32.2.